The average molecular weight is 244 g/mol. The molecule has 0 aromatic carbocycles. The van der Waals surface area contributed by atoms with Gasteiger partial charge in [0, 0.05) is 18.6 Å². The molecule has 0 aliphatic carbocycles. The Labute approximate surface area is 105 Å². The molecular formula is C13H28N2O2. The SMILES string of the molecule is CC(C)OCC(O)CN1CCCCC1C(C)N. The molecule has 0 radical (unpaired) electrons. The molecular weight excluding hydrogens is 216 g/mol. The highest BCUT2D eigenvalue weighted by Gasteiger charge is 2.26. The molecule has 1 aliphatic heterocycles. The van der Waals surface area contributed by atoms with Crippen molar-refractivity contribution in [2.45, 2.75) is 64.3 Å². The highest BCUT2D eigenvalue weighted by molar-refractivity contribution is 4.84. The Kier molecular flexibility index (Phi) is 6.41. The van der Waals surface area contributed by atoms with E-state index in [1.54, 1.807) is 0 Å². The minimum absolute atomic E-state index is 0.175. The van der Waals surface area contributed by atoms with E-state index in [-0.39, 0.29) is 12.1 Å². The van der Waals surface area contributed by atoms with Gasteiger partial charge < -0.3 is 15.6 Å². The average Bonchev–Trinajstić information content (AvgIpc) is 2.27. The number of hydrogen-bond donors (Lipinski definition) is 2. The first-order valence-corrected chi connectivity index (χ1v) is 6.80. The summed E-state index contributed by atoms with van der Waals surface area (Å²) in [7, 11) is 0. The standard InChI is InChI=1S/C13H28N2O2/c1-10(2)17-9-12(16)8-15-7-5-4-6-13(15)11(3)14/h10-13,16H,4-9,14H2,1-3H3. The summed E-state index contributed by atoms with van der Waals surface area (Å²) >= 11 is 0. The van der Waals surface area contributed by atoms with Crippen molar-refractivity contribution >= 4 is 0 Å². The van der Waals surface area contributed by atoms with Crippen LogP contribution in [0, 0.1) is 0 Å². The van der Waals surface area contributed by atoms with E-state index in [9.17, 15) is 5.11 Å². The number of ether oxygens (including phenoxy) is 1. The third-order valence-electron chi connectivity index (χ3n) is 3.34. The van der Waals surface area contributed by atoms with Gasteiger partial charge in [-0.15, -0.1) is 0 Å². The number of hydrogen-bond acceptors (Lipinski definition) is 4. The topological polar surface area (TPSA) is 58.7 Å². The van der Waals surface area contributed by atoms with Crippen molar-refractivity contribution in [3.8, 4) is 0 Å². The number of nitrogens with two attached hydrogens (primary N) is 1. The van der Waals surface area contributed by atoms with E-state index >= 15 is 0 Å². The van der Waals surface area contributed by atoms with Gasteiger partial charge in [-0.25, -0.2) is 0 Å². The second kappa shape index (κ2) is 7.31. The van der Waals surface area contributed by atoms with Crippen LogP contribution >= 0.6 is 0 Å². The highest BCUT2D eigenvalue weighted by Crippen LogP contribution is 2.19. The number of β-amino-alcohol motifs (C(OH)–C–C–N with tert-alkyl or cyclic N) is 1. The van der Waals surface area contributed by atoms with Crippen LogP contribution in [0.25, 0.3) is 0 Å². The second-order valence-corrected chi connectivity index (χ2v) is 5.45. The first-order valence-electron chi connectivity index (χ1n) is 6.80. The van der Waals surface area contributed by atoms with Crippen LogP contribution in [0.15, 0.2) is 0 Å². The Morgan fingerprint density at radius 2 is 2.06 bits per heavy atom. The fraction of sp³-hybridized carbons (Fsp3) is 1.00. The minimum Gasteiger partial charge on any atom is -0.389 e. The Bertz CT molecular complexity index is 210. The van der Waals surface area contributed by atoms with Crippen LogP contribution in [0.2, 0.25) is 0 Å². The quantitative estimate of drug-likeness (QED) is 0.731. The second-order valence-electron chi connectivity index (χ2n) is 5.45. The molecule has 1 aliphatic rings. The summed E-state index contributed by atoms with van der Waals surface area (Å²) in [6.07, 6.45) is 3.38. The van der Waals surface area contributed by atoms with Gasteiger partial charge in [-0.2, -0.15) is 0 Å². The Hall–Kier alpha value is -0.160. The molecule has 0 amide bonds. The fourth-order valence-electron chi connectivity index (χ4n) is 2.47. The Morgan fingerprint density at radius 3 is 2.65 bits per heavy atom. The lowest BCUT2D eigenvalue weighted by atomic mass is 9.96. The van der Waals surface area contributed by atoms with Gasteiger partial charge in [-0.05, 0) is 40.2 Å². The molecule has 1 fully saturated rings. The van der Waals surface area contributed by atoms with Crippen molar-refractivity contribution in [3.05, 3.63) is 0 Å². The molecule has 0 aromatic rings. The van der Waals surface area contributed by atoms with Gasteiger partial charge >= 0.3 is 0 Å². The third-order valence-corrected chi connectivity index (χ3v) is 3.34. The largest absolute Gasteiger partial charge is 0.389 e. The molecule has 0 saturated carbocycles. The molecule has 1 rings (SSSR count). The van der Waals surface area contributed by atoms with Gasteiger partial charge in [-0.3, -0.25) is 4.90 Å². The van der Waals surface area contributed by atoms with Crippen molar-refractivity contribution < 1.29 is 9.84 Å². The van der Waals surface area contributed by atoms with Gasteiger partial charge in [0.1, 0.15) is 0 Å². The predicted octanol–water partition coefficient (Wildman–Crippen LogP) is 0.974. The van der Waals surface area contributed by atoms with E-state index in [4.69, 9.17) is 10.5 Å². The van der Waals surface area contributed by atoms with Crippen LogP contribution in [0.3, 0.4) is 0 Å². The molecule has 3 N–H and O–H groups in total. The summed E-state index contributed by atoms with van der Waals surface area (Å²) < 4.78 is 5.43. The lowest BCUT2D eigenvalue weighted by molar-refractivity contribution is -0.0201. The van der Waals surface area contributed by atoms with Gasteiger partial charge in [0.2, 0.25) is 0 Å². The minimum atomic E-state index is -0.406. The molecule has 102 valence electrons. The van der Waals surface area contributed by atoms with E-state index in [1.165, 1.54) is 12.8 Å². The maximum absolute atomic E-state index is 9.94. The van der Waals surface area contributed by atoms with Crippen molar-refractivity contribution in [1.82, 2.24) is 4.90 Å². The van der Waals surface area contributed by atoms with E-state index in [0.29, 0.717) is 19.2 Å². The van der Waals surface area contributed by atoms with Crippen LogP contribution in [-0.4, -0.2) is 54.0 Å². The number of likely N-dealkylation sites (tertiary alicyclic amines) is 1. The highest BCUT2D eigenvalue weighted by atomic mass is 16.5. The first kappa shape index (κ1) is 14.9. The summed E-state index contributed by atoms with van der Waals surface area (Å²) in [6, 6.07) is 0.589. The number of aliphatic hydroxyl groups is 1. The molecule has 4 nitrogen and oxygen atoms in total. The molecule has 3 unspecified atom stereocenters. The van der Waals surface area contributed by atoms with Crippen molar-refractivity contribution in [1.29, 1.82) is 0 Å². The van der Waals surface area contributed by atoms with Crippen LogP contribution < -0.4 is 5.73 Å². The molecule has 1 saturated heterocycles. The molecule has 3 atom stereocenters. The number of rotatable bonds is 6. The Balaban J connectivity index is 2.36. The summed E-state index contributed by atoms with van der Waals surface area (Å²) in [5.41, 5.74) is 6.00. The zero-order valence-electron chi connectivity index (χ0n) is 11.4. The Morgan fingerprint density at radius 1 is 1.35 bits per heavy atom. The van der Waals surface area contributed by atoms with Gasteiger partial charge in [-0.1, -0.05) is 6.42 Å². The van der Waals surface area contributed by atoms with E-state index in [1.807, 2.05) is 13.8 Å². The lowest BCUT2D eigenvalue weighted by Crippen LogP contribution is -2.51. The van der Waals surface area contributed by atoms with Gasteiger partial charge in [0.05, 0.1) is 18.8 Å². The predicted molar refractivity (Wildman–Crippen MR) is 70.0 cm³/mol. The molecule has 4 heteroatoms. The number of nitrogens with zero attached hydrogens (tertiary/aromatic N) is 1. The third kappa shape index (κ3) is 5.34. The van der Waals surface area contributed by atoms with Crippen LogP contribution in [0.5, 0.6) is 0 Å². The monoisotopic (exact) mass is 244 g/mol. The molecule has 0 aromatic heterocycles. The zero-order valence-corrected chi connectivity index (χ0v) is 11.4. The molecule has 1 heterocycles. The smallest absolute Gasteiger partial charge is 0.0900 e. The maximum Gasteiger partial charge on any atom is 0.0900 e. The molecule has 17 heavy (non-hydrogen) atoms. The zero-order chi connectivity index (χ0) is 12.8. The summed E-state index contributed by atoms with van der Waals surface area (Å²) in [5.74, 6) is 0. The van der Waals surface area contributed by atoms with Crippen molar-refractivity contribution in [2.75, 3.05) is 19.7 Å². The van der Waals surface area contributed by atoms with Crippen molar-refractivity contribution in [3.63, 3.8) is 0 Å². The first-order chi connectivity index (χ1) is 8.00. The van der Waals surface area contributed by atoms with Gasteiger partial charge in [0.15, 0.2) is 0 Å². The van der Waals surface area contributed by atoms with E-state index < -0.39 is 6.10 Å². The number of aliphatic hydroxyl groups excluding tert-OH is 1. The van der Waals surface area contributed by atoms with E-state index in [2.05, 4.69) is 11.8 Å². The molecule has 0 spiro atoms. The summed E-state index contributed by atoms with van der Waals surface area (Å²) in [4.78, 5) is 2.32. The normalized spacial score (nSPS) is 26.1. The van der Waals surface area contributed by atoms with Gasteiger partial charge in [0.25, 0.3) is 0 Å². The maximum atomic E-state index is 9.94. The summed E-state index contributed by atoms with van der Waals surface area (Å²) in [6.45, 7) is 8.17. The van der Waals surface area contributed by atoms with Crippen LogP contribution in [-0.2, 0) is 4.74 Å². The fourth-order valence-corrected chi connectivity index (χ4v) is 2.47. The number of piperidine rings is 1. The van der Waals surface area contributed by atoms with Crippen LogP contribution in [0.4, 0.5) is 0 Å². The van der Waals surface area contributed by atoms with E-state index in [0.717, 1.165) is 13.0 Å². The van der Waals surface area contributed by atoms with Crippen molar-refractivity contribution in [2.24, 2.45) is 5.73 Å². The summed E-state index contributed by atoms with van der Waals surface area (Å²) in [5, 5.41) is 9.94. The molecule has 0 bridgehead atoms. The van der Waals surface area contributed by atoms with Crippen LogP contribution in [0.1, 0.15) is 40.0 Å². The lowest BCUT2D eigenvalue weighted by Gasteiger charge is -2.39.